The number of ketones is 1. The van der Waals surface area contributed by atoms with Gasteiger partial charge in [0.2, 0.25) is 5.95 Å². The first-order valence-electron chi connectivity index (χ1n) is 11.4. The number of pyridine rings is 1. The molecule has 2 aromatic heterocycles. The van der Waals surface area contributed by atoms with E-state index in [1.165, 1.54) is 0 Å². The number of rotatable bonds is 6. The smallest absolute Gasteiger partial charge is 0.208 e. The maximum absolute atomic E-state index is 12.1. The number of carbonyl (C=O) groups excluding carboxylic acids is 1. The summed E-state index contributed by atoms with van der Waals surface area (Å²) in [6.45, 7) is 6.36. The van der Waals surface area contributed by atoms with Gasteiger partial charge in [0.25, 0.3) is 0 Å². The largest absolute Gasteiger partial charge is 0.352 e. The van der Waals surface area contributed by atoms with Gasteiger partial charge in [-0.3, -0.25) is 19.2 Å². The molecule has 4 aromatic rings. The molecule has 1 fully saturated rings. The number of nitrogens with zero attached hydrogens (tertiary/aromatic N) is 4. The van der Waals surface area contributed by atoms with Gasteiger partial charge in [-0.15, -0.1) is 0 Å². The van der Waals surface area contributed by atoms with E-state index in [2.05, 4.69) is 56.2 Å². The second-order valence-electron chi connectivity index (χ2n) is 8.93. The van der Waals surface area contributed by atoms with Crippen molar-refractivity contribution in [3.05, 3.63) is 60.8 Å². The molecule has 6 nitrogen and oxygen atoms in total. The number of nitrogens with one attached hydrogen (secondary N) is 1. The van der Waals surface area contributed by atoms with Crippen LogP contribution in [0.15, 0.2) is 60.8 Å². The third kappa shape index (κ3) is 3.98. The number of benzene rings is 2. The molecule has 32 heavy (non-hydrogen) atoms. The fraction of sp³-hybridized carbons (Fsp3) is 0.346. The third-order valence-electron chi connectivity index (χ3n) is 6.36. The molecule has 1 N–H and O–H groups in total. The van der Waals surface area contributed by atoms with Crippen molar-refractivity contribution in [3.8, 4) is 5.69 Å². The highest BCUT2D eigenvalue weighted by Gasteiger charge is 2.24. The minimum absolute atomic E-state index is 0.0973. The van der Waals surface area contributed by atoms with Gasteiger partial charge in [-0.05, 0) is 37.1 Å². The summed E-state index contributed by atoms with van der Waals surface area (Å²) in [6.07, 6.45) is 3.82. The molecule has 0 atom stereocenters. The molecule has 0 spiro atoms. The molecule has 164 valence electrons. The summed E-state index contributed by atoms with van der Waals surface area (Å²) >= 11 is 0. The predicted octanol–water partition coefficient (Wildman–Crippen LogP) is 4.68. The van der Waals surface area contributed by atoms with Crippen molar-refractivity contribution in [2.75, 3.05) is 25.0 Å². The van der Waals surface area contributed by atoms with E-state index in [0.717, 1.165) is 59.5 Å². The van der Waals surface area contributed by atoms with Crippen molar-refractivity contribution in [3.63, 3.8) is 0 Å². The molecular formula is C26H29N5O. The van der Waals surface area contributed by atoms with Gasteiger partial charge >= 0.3 is 0 Å². The predicted molar refractivity (Wildman–Crippen MR) is 129 cm³/mol. The normalized spacial score (nSPS) is 15.6. The average Bonchev–Trinajstić information content (AvgIpc) is 3.17. The van der Waals surface area contributed by atoms with Crippen LogP contribution in [0.1, 0.15) is 26.7 Å². The minimum Gasteiger partial charge on any atom is -0.352 e. The molecule has 6 heteroatoms. The summed E-state index contributed by atoms with van der Waals surface area (Å²) in [5, 5.41) is 4.82. The van der Waals surface area contributed by atoms with Crippen LogP contribution in [0.5, 0.6) is 0 Å². The lowest BCUT2D eigenvalue weighted by molar-refractivity contribution is -0.123. The van der Waals surface area contributed by atoms with Crippen molar-refractivity contribution in [1.29, 1.82) is 0 Å². The summed E-state index contributed by atoms with van der Waals surface area (Å²) < 4.78 is 2.19. The Labute approximate surface area is 188 Å². The zero-order chi connectivity index (χ0) is 22.1. The molecule has 5 rings (SSSR count). The van der Waals surface area contributed by atoms with Gasteiger partial charge in [0.1, 0.15) is 5.78 Å². The van der Waals surface area contributed by atoms with Crippen LogP contribution >= 0.6 is 0 Å². The van der Waals surface area contributed by atoms with Crippen molar-refractivity contribution >= 4 is 33.7 Å². The van der Waals surface area contributed by atoms with E-state index in [4.69, 9.17) is 4.98 Å². The Kier molecular flexibility index (Phi) is 5.62. The lowest BCUT2D eigenvalue weighted by atomic mass is 10.0. The maximum Gasteiger partial charge on any atom is 0.208 e. The van der Waals surface area contributed by atoms with E-state index >= 15 is 0 Å². The van der Waals surface area contributed by atoms with Gasteiger partial charge < -0.3 is 5.32 Å². The highest BCUT2D eigenvalue weighted by Crippen LogP contribution is 2.30. The molecule has 0 saturated carbocycles. The van der Waals surface area contributed by atoms with E-state index in [0.29, 0.717) is 18.4 Å². The first-order chi connectivity index (χ1) is 15.6. The molecule has 1 aliphatic rings. The van der Waals surface area contributed by atoms with Gasteiger partial charge in [-0.2, -0.15) is 0 Å². The van der Waals surface area contributed by atoms with Crippen LogP contribution in [0.2, 0.25) is 0 Å². The molecule has 0 radical (unpaired) electrons. The zero-order valence-electron chi connectivity index (χ0n) is 18.7. The van der Waals surface area contributed by atoms with Crippen LogP contribution in [0.3, 0.4) is 0 Å². The van der Waals surface area contributed by atoms with Crippen LogP contribution < -0.4 is 5.32 Å². The highest BCUT2D eigenvalue weighted by atomic mass is 16.1. The molecule has 0 bridgehead atoms. The SMILES string of the molecule is CC(C)C(=O)CN1CCC(Nc2nc3ccccc3n2-c2cccc3cccnc23)CC1. The molecule has 0 amide bonds. The van der Waals surface area contributed by atoms with Gasteiger partial charge in [0.05, 0.1) is 28.8 Å². The lowest BCUT2D eigenvalue weighted by Gasteiger charge is -2.32. The Morgan fingerprint density at radius 3 is 2.66 bits per heavy atom. The highest BCUT2D eigenvalue weighted by molar-refractivity contribution is 5.91. The van der Waals surface area contributed by atoms with Crippen LogP contribution in [0.25, 0.3) is 27.6 Å². The third-order valence-corrected chi connectivity index (χ3v) is 6.36. The summed E-state index contributed by atoms with van der Waals surface area (Å²) in [5.74, 6) is 1.27. The van der Waals surface area contributed by atoms with E-state index in [-0.39, 0.29) is 5.92 Å². The number of aromatic nitrogens is 3. The second kappa shape index (κ2) is 8.71. The Hall–Kier alpha value is -3.25. The maximum atomic E-state index is 12.1. The van der Waals surface area contributed by atoms with Crippen LogP contribution in [0, 0.1) is 5.92 Å². The fourth-order valence-electron chi connectivity index (χ4n) is 4.46. The number of hydrogen-bond donors (Lipinski definition) is 1. The first-order valence-corrected chi connectivity index (χ1v) is 11.4. The summed E-state index contributed by atoms with van der Waals surface area (Å²) in [7, 11) is 0. The minimum atomic E-state index is 0.0973. The van der Waals surface area contributed by atoms with E-state index in [1.54, 1.807) is 0 Å². The summed E-state index contributed by atoms with van der Waals surface area (Å²) in [4.78, 5) is 24.0. The Morgan fingerprint density at radius 2 is 1.84 bits per heavy atom. The van der Waals surface area contributed by atoms with Gasteiger partial charge in [0, 0.05) is 36.6 Å². The van der Waals surface area contributed by atoms with E-state index < -0.39 is 0 Å². The fourth-order valence-corrected chi connectivity index (χ4v) is 4.46. The topological polar surface area (TPSA) is 63.1 Å². The van der Waals surface area contributed by atoms with Crippen molar-refractivity contribution in [2.24, 2.45) is 5.92 Å². The van der Waals surface area contributed by atoms with Crippen molar-refractivity contribution < 1.29 is 4.79 Å². The van der Waals surface area contributed by atoms with Crippen LogP contribution in [-0.2, 0) is 4.79 Å². The monoisotopic (exact) mass is 427 g/mol. The van der Waals surface area contributed by atoms with Gasteiger partial charge in [-0.25, -0.2) is 4.98 Å². The molecule has 0 aliphatic carbocycles. The number of fused-ring (bicyclic) bond motifs is 2. The number of carbonyl (C=O) groups is 1. The number of anilines is 1. The number of imidazole rings is 1. The number of para-hydroxylation sites is 3. The Balaban J connectivity index is 1.44. The molecule has 3 heterocycles. The lowest BCUT2D eigenvalue weighted by Crippen LogP contribution is -2.42. The van der Waals surface area contributed by atoms with Gasteiger partial charge in [-0.1, -0.05) is 44.2 Å². The number of likely N-dealkylation sites (tertiary alicyclic amines) is 1. The van der Waals surface area contributed by atoms with Crippen LogP contribution in [0.4, 0.5) is 5.95 Å². The standard InChI is InChI=1S/C26H29N5O/c1-18(2)24(32)17-30-15-12-20(13-16-30)28-26-29-21-9-3-4-10-22(21)31(26)23-11-5-7-19-8-6-14-27-25(19)23/h3-11,14,18,20H,12-13,15-17H2,1-2H3,(H,28,29). The zero-order valence-corrected chi connectivity index (χ0v) is 18.7. The molecule has 1 aliphatic heterocycles. The first kappa shape index (κ1) is 20.6. The van der Waals surface area contributed by atoms with E-state index in [1.807, 2.05) is 38.2 Å². The number of Topliss-reactive ketones (excluding diaryl/α,β-unsaturated/α-hetero) is 1. The van der Waals surface area contributed by atoms with Gasteiger partial charge in [0.15, 0.2) is 0 Å². The number of piperidine rings is 1. The summed E-state index contributed by atoms with van der Waals surface area (Å²) in [6, 6.07) is 18.9. The van der Waals surface area contributed by atoms with Crippen LogP contribution in [-0.4, -0.2) is 50.9 Å². The summed E-state index contributed by atoms with van der Waals surface area (Å²) in [5.41, 5.74) is 4.01. The molecular weight excluding hydrogens is 398 g/mol. The molecule has 2 aromatic carbocycles. The number of hydrogen-bond acceptors (Lipinski definition) is 5. The van der Waals surface area contributed by atoms with Crippen molar-refractivity contribution in [2.45, 2.75) is 32.7 Å². The second-order valence-corrected chi connectivity index (χ2v) is 8.93. The molecule has 1 saturated heterocycles. The van der Waals surface area contributed by atoms with E-state index in [9.17, 15) is 4.79 Å². The van der Waals surface area contributed by atoms with Crippen molar-refractivity contribution in [1.82, 2.24) is 19.4 Å². The Morgan fingerprint density at radius 1 is 1.06 bits per heavy atom. The Bertz CT molecular complexity index is 1250. The average molecular weight is 428 g/mol. The quantitative estimate of drug-likeness (QED) is 0.484. The molecule has 0 unspecified atom stereocenters.